The number of carbonyl (C=O) groups excluding carboxylic acids is 1. The zero-order chi connectivity index (χ0) is 20.3. The number of amides is 1. The highest BCUT2D eigenvalue weighted by Gasteiger charge is 2.18. The second-order valence-corrected chi connectivity index (χ2v) is 6.63. The van der Waals surface area contributed by atoms with Crippen LogP contribution in [0.2, 0.25) is 0 Å². The highest BCUT2D eigenvalue weighted by molar-refractivity contribution is 5.88. The number of aromatic carboxylic acids is 1. The van der Waals surface area contributed by atoms with Crippen molar-refractivity contribution >= 4 is 11.9 Å². The van der Waals surface area contributed by atoms with Crippen LogP contribution in [0.5, 0.6) is 0 Å². The van der Waals surface area contributed by atoms with Crippen LogP contribution >= 0.6 is 0 Å². The Bertz CT molecular complexity index is 988. The molecule has 0 aliphatic heterocycles. The Morgan fingerprint density at radius 2 is 1.86 bits per heavy atom. The molecule has 28 heavy (non-hydrogen) atoms. The first-order valence-electron chi connectivity index (χ1n) is 8.93. The minimum absolute atomic E-state index is 0.108. The summed E-state index contributed by atoms with van der Waals surface area (Å²) in [5, 5.41) is 9.08. The van der Waals surface area contributed by atoms with Crippen molar-refractivity contribution in [3.05, 3.63) is 65.1 Å². The summed E-state index contributed by atoms with van der Waals surface area (Å²) in [6, 6.07) is 11.2. The van der Waals surface area contributed by atoms with Crippen molar-refractivity contribution in [3.8, 4) is 11.3 Å². The first-order valence-corrected chi connectivity index (χ1v) is 8.93. The predicted molar refractivity (Wildman–Crippen MR) is 102 cm³/mol. The fraction of sp³-hybridized carbons (Fsp3) is 0.286. The van der Waals surface area contributed by atoms with Gasteiger partial charge in [0.05, 0.1) is 12.2 Å². The Balaban J connectivity index is 1.59. The summed E-state index contributed by atoms with van der Waals surface area (Å²) < 4.78 is 11.3. The van der Waals surface area contributed by atoms with E-state index in [2.05, 4.69) is 4.98 Å². The van der Waals surface area contributed by atoms with E-state index < -0.39 is 5.97 Å². The van der Waals surface area contributed by atoms with Crippen LogP contribution in [-0.4, -0.2) is 33.9 Å². The van der Waals surface area contributed by atoms with Gasteiger partial charge in [-0.25, -0.2) is 9.78 Å². The molecule has 1 aromatic carbocycles. The first-order chi connectivity index (χ1) is 13.3. The van der Waals surface area contributed by atoms with Gasteiger partial charge in [0, 0.05) is 25.5 Å². The third-order valence-electron chi connectivity index (χ3n) is 4.45. The molecule has 7 heteroatoms. The number of hydrogen-bond donors (Lipinski definition) is 1. The average Bonchev–Trinajstić information content (AvgIpc) is 3.22. The second kappa shape index (κ2) is 8.12. The van der Waals surface area contributed by atoms with Gasteiger partial charge in [-0.05, 0) is 19.9 Å². The molecule has 3 rings (SSSR count). The third-order valence-corrected chi connectivity index (χ3v) is 4.45. The molecule has 146 valence electrons. The molecule has 0 unspecified atom stereocenters. The van der Waals surface area contributed by atoms with Crippen LogP contribution in [0.15, 0.2) is 45.2 Å². The van der Waals surface area contributed by atoms with Gasteiger partial charge in [-0.15, -0.1) is 0 Å². The predicted octanol–water partition coefficient (Wildman–Crippen LogP) is 3.84. The van der Waals surface area contributed by atoms with Crippen LogP contribution in [-0.2, 0) is 17.8 Å². The van der Waals surface area contributed by atoms with E-state index in [9.17, 15) is 9.59 Å². The lowest BCUT2D eigenvalue weighted by Gasteiger charge is -2.15. The Labute approximate surface area is 162 Å². The SMILES string of the molecule is Cc1nc(CCC(=O)N(C)Cc2cc(C(=O)O)c(C)o2)oc1-c1ccccc1. The van der Waals surface area contributed by atoms with E-state index in [0.29, 0.717) is 29.6 Å². The molecule has 0 bridgehead atoms. The van der Waals surface area contributed by atoms with Crippen molar-refractivity contribution in [1.82, 2.24) is 9.88 Å². The van der Waals surface area contributed by atoms with Gasteiger partial charge in [-0.3, -0.25) is 4.79 Å². The molecule has 0 atom stereocenters. The lowest BCUT2D eigenvalue weighted by molar-refractivity contribution is -0.130. The highest BCUT2D eigenvalue weighted by atomic mass is 16.4. The Morgan fingerprint density at radius 1 is 1.14 bits per heavy atom. The summed E-state index contributed by atoms with van der Waals surface area (Å²) >= 11 is 0. The number of carbonyl (C=O) groups is 2. The van der Waals surface area contributed by atoms with Crippen LogP contribution in [0, 0.1) is 13.8 Å². The largest absolute Gasteiger partial charge is 0.478 e. The number of carboxylic acid groups (broad SMARTS) is 1. The van der Waals surface area contributed by atoms with Gasteiger partial charge in [0.2, 0.25) is 5.91 Å². The number of carboxylic acids is 1. The Kier molecular flexibility index (Phi) is 5.63. The molecule has 1 amide bonds. The average molecular weight is 382 g/mol. The molecule has 2 heterocycles. The molecule has 0 radical (unpaired) electrons. The number of aryl methyl sites for hydroxylation is 3. The molecular weight excluding hydrogens is 360 g/mol. The topological polar surface area (TPSA) is 96.8 Å². The number of rotatable bonds is 7. The maximum Gasteiger partial charge on any atom is 0.339 e. The molecule has 3 aromatic rings. The minimum Gasteiger partial charge on any atom is -0.478 e. The van der Waals surface area contributed by atoms with E-state index in [4.69, 9.17) is 13.9 Å². The third kappa shape index (κ3) is 4.31. The lowest BCUT2D eigenvalue weighted by Crippen LogP contribution is -2.26. The van der Waals surface area contributed by atoms with Crippen LogP contribution in [0.1, 0.15) is 39.9 Å². The lowest BCUT2D eigenvalue weighted by atomic mass is 10.1. The zero-order valence-corrected chi connectivity index (χ0v) is 16.1. The van der Waals surface area contributed by atoms with E-state index in [1.54, 1.807) is 14.0 Å². The molecule has 0 aliphatic carbocycles. The van der Waals surface area contributed by atoms with Crippen molar-refractivity contribution in [2.24, 2.45) is 0 Å². The van der Waals surface area contributed by atoms with Crippen LogP contribution in [0.4, 0.5) is 0 Å². The van der Waals surface area contributed by atoms with Gasteiger partial charge in [-0.2, -0.15) is 0 Å². The summed E-state index contributed by atoms with van der Waals surface area (Å²) in [4.78, 5) is 29.4. The number of nitrogens with zero attached hydrogens (tertiary/aromatic N) is 2. The number of furan rings is 1. The summed E-state index contributed by atoms with van der Waals surface area (Å²) in [5.74, 6) is 0.831. The van der Waals surface area contributed by atoms with E-state index in [-0.39, 0.29) is 24.4 Å². The number of aromatic nitrogens is 1. The van der Waals surface area contributed by atoms with Gasteiger partial charge in [0.15, 0.2) is 11.7 Å². The summed E-state index contributed by atoms with van der Waals surface area (Å²) in [6.07, 6.45) is 0.616. The number of benzene rings is 1. The summed E-state index contributed by atoms with van der Waals surface area (Å²) in [5.41, 5.74) is 1.85. The first kappa shape index (κ1) is 19.4. The monoisotopic (exact) mass is 382 g/mol. The quantitative estimate of drug-likeness (QED) is 0.667. The standard InChI is InChI=1S/C21H22N2O5/c1-13-20(15-7-5-4-6-8-15)28-18(22-13)9-10-19(24)23(3)12-16-11-17(21(25)26)14(2)27-16/h4-8,11H,9-10,12H2,1-3H3,(H,25,26). The smallest absolute Gasteiger partial charge is 0.339 e. The highest BCUT2D eigenvalue weighted by Crippen LogP contribution is 2.24. The molecule has 0 spiro atoms. The second-order valence-electron chi connectivity index (χ2n) is 6.63. The maximum absolute atomic E-state index is 12.4. The summed E-state index contributed by atoms with van der Waals surface area (Å²) in [6.45, 7) is 3.67. The van der Waals surface area contributed by atoms with Crippen molar-refractivity contribution in [2.45, 2.75) is 33.2 Å². The van der Waals surface area contributed by atoms with Crippen LogP contribution in [0.3, 0.4) is 0 Å². The molecular formula is C21H22N2O5. The van der Waals surface area contributed by atoms with E-state index in [1.165, 1.54) is 11.0 Å². The molecule has 0 saturated heterocycles. The molecule has 7 nitrogen and oxygen atoms in total. The van der Waals surface area contributed by atoms with Gasteiger partial charge < -0.3 is 18.8 Å². The number of hydrogen-bond acceptors (Lipinski definition) is 5. The Morgan fingerprint density at radius 3 is 2.50 bits per heavy atom. The van der Waals surface area contributed by atoms with E-state index >= 15 is 0 Å². The minimum atomic E-state index is -1.05. The van der Waals surface area contributed by atoms with Crippen molar-refractivity contribution in [2.75, 3.05) is 7.05 Å². The summed E-state index contributed by atoms with van der Waals surface area (Å²) in [7, 11) is 1.65. The van der Waals surface area contributed by atoms with Crippen molar-refractivity contribution < 1.29 is 23.5 Å². The van der Waals surface area contributed by atoms with Crippen molar-refractivity contribution in [3.63, 3.8) is 0 Å². The Hall–Kier alpha value is -3.35. The van der Waals surface area contributed by atoms with Crippen molar-refractivity contribution in [1.29, 1.82) is 0 Å². The van der Waals surface area contributed by atoms with Crippen LogP contribution in [0.25, 0.3) is 11.3 Å². The molecule has 1 N–H and O–H groups in total. The van der Waals surface area contributed by atoms with Gasteiger partial charge in [-0.1, -0.05) is 30.3 Å². The zero-order valence-electron chi connectivity index (χ0n) is 16.1. The van der Waals surface area contributed by atoms with Gasteiger partial charge >= 0.3 is 5.97 Å². The molecule has 0 fully saturated rings. The van der Waals surface area contributed by atoms with Gasteiger partial charge in [0.25, 0.3) is 0 Å². The van der Waals surface area contributed by atoms with Gasteiger partial charge in [0.1, 0.15) is 17.1 Å². The maximum atomic E-state index is 12.4. The van der Waals surface area contributed by atoms with Crippen LogP contribution < -0.4 is 0 Å². The van der Waals surface area contributed by atoms with E-state index in [0.717, 1.165) is 11.3 Å². The molecule has 2 aromatic heterocycles. The molecule has 0 saturated carbocycles. The fourth-order valence-corrected chi connectivity index (χ4v) is 2.98. The number of oxazole rings is 1. The fourth-order valence-electron chi connectivity index (χ4n) is 2.98. The molecule has 0 aliphatic rings. The normalized spacial score (nSPS) is 10.8. The van der Waals surface area contributed by atoms with E-state index in [1.807, 2.05) is 37.3 Å².